The van der Waals surface area contributed by atoms with E-state index < -0.39 is 5.82 Å². The first kappa shape index (κ1) is 21.3. The van der Waals surface area contributed by atoms with Crippen LogP contribution < -0.4 is 11.1 Å². The van der Waals surface area contributed by atoms with Crippen molar-refractivity contribution in [1.82, 2.24) is 4.90 Å². The lowest BCUT2D eigenvalue weighted by atomic mass is 9.90. The number of rotatable bonds is 5. The molecule has 154 valence electrons. The average molecular weight is 418 g/mol. The van der Waals surface area contributed by atoms with Gasteiger partial charge in [-0.3, -0.25) is 9.59 Å². The molecule has 0 saturated heterocycles. The molecule has 1 fully saturated rings. The number of carbonyl (C=O) groups excluding carboxylic acids is 2. The molecule has 1 aliphatic carbocycles. The largest absolute Gasteiger partial charge is 0.331 e. The molecule has 0 heterocycles. The molecule has 0 radical (unpaired) electrons. The van der Waals surface area contributed by atoms with Gasteiger partial charge in [0.15, 0.2) is 0 Å². The number of hydrogen-bond donors (Lipinski definition) is 2. The number of halogens is 2. The monoisotopic (exact) mass is 417 g/mol. The molecule has 3 N–H and O–H groups in total. The zero-order chi connectivity index (χ0) is 21.0. The van der Waals surface area contributed by atoms with Crippen LogP contribution >= 0.6 is 11.6 Å². The Morgan fingerprint density at radius 3 is 2.55 bits per heavy atom. The van der Waals surface area contributed by atoms with Gasteiger partial charge in [0.05, 0.1) is 0 Å². The van der Waals surface area contributed by atoms with E-state index >= 15 is 0 Å². The minimum absolute atomic E-state index is 0.00828. The van der Waals surface area contributed by atoms with Crippen molar-refractivity contribution in [3.8, 4) is 0 Å². The molecule has 2 amide bonds. The van der Waals surface area contributed by atoms with Gasteiger partial charge in [-0.2, -0.15) is 0 Å². The second kappa shape index (κ2) is 9.37. The molecule has 1 saturated carbocycles. The molecular weight excluding hydrogens is 393 g/mol. The minimum atomic E-state index is -0.452. The number of nitrogens with two attached hydrogens (primary N) is 1. The third-order valence-corrected chi connectivity index (χ3v) is 5.59. The van der Waals surface area contributed by atoms with Crippen LogP contribution in [0, 0.1) is 5.82 Å². The van der Waals surface area contributed by atoms with Crippen molar-refractivity contribution >= 4 is 29.1 Å². The quantitative estimate of drug-likeness (QED) is 0.759. The van der Waals surface area contributed by atoms with Gasteiger partial charge >= 0.3 is 0 Å². The van der Waals surface area contributed by atoms with Crippen LogP contribution in [0.5, 0.6) is 0 Å². The van der Waals surface area contributed by atoms with E-state index in [9.17, 15) is 14.0 Å². The zero-order valence-corrected chi connectivity index (χ0v) is 17.1. The van der Waals surface area contributed by atoms with Crippen LogP contribution in [-0.2, 0) is 11.3 Å². The maximum absolute atomic E-state index is 13.7. The van der Waals surface area contributed by atoms with Gasteiger partial charge in [0.25, 0.3) is 5.91 Å². The molecule has 2 aromatic carbocycles. The summed E-state index contributed by atoms with van der Waals surface area (Å²) >= 11 is 6.38. The zero-order valence-electron chi connectivity index (χ0n) is 16.3. The van der Waals surface area contributed by atoms with Crippen LogP contribution in [0.2, 0.25) is 5.02 Å². The van der Waals surface area contributed by atoms with Crippen molar-refractivity contribution in [2.24, 2.45) is 5.73 Å². The summed E-state index contributed by atoms with van der Waals surface area (Å²) in [5, 5.41) is 3.24. The van der Waals surface area contributed by atoms with E-state index in [0.717, 1.165) is 31.2 Å². The molecule has 0 bridgehead atoms. The number of carbonyl (C=O) groups is 2. The fraction of sp³-hybridized carbons (Fsp3) is 0.364. The van der Waals surface area contributed by atoms with Crippen LogP contribution in [0.15, 0.2) is 42.5 Å². The number of nitrogens with zero attached hydrogens (tertiary/aromatic N) is 1. The Labute approximate surface area is 175 Å². The lowest BCUT2D eigenvalue weighted by Gasteiger charge is -2.36. The number of benzene rings is 2. The Balaban J connectivity index is 1.91. The van der Waals surface area contributed by atoms with E-state index in [2.05, 4.69) is 5.32 Å². The Hall–Kier alpha value is -2.44. The summed E-state index contributed by atoms with van der Waals surface area (Å²) < 4.78 is 13.7. The third kappa shape index (κ3) is 5.55. The van der Waals surface area contributed by atoms with Gasteiger partial charge in [-0.15, -0.1) is 0 Å². The van der Waals surface area contributed by atoms with Crippen molar-refractivity contribution in [2.45, 2.75) is 51.2 Å². The molecule has 5 nitrogen and oxygen atoms in total. The fourth-order valence-electron chi connectivity index (χ4n) is 3.73. The average Bonchev–Trinajstić information content (AvgIpc) is 2.68. The predicted octanol–water partition coefficient (Wildman–Crippen LogP) is 4.35. The van der Waals surface area contributed by atoms with Crippen molar-refractivity contribution < 1.29 is 14.0 Å². The normalized spacial score (nSPS) is 18.9. The van der Waals surface area contributed by atoms with E-state index in [0.29, 0.717) is 16.3 Å². The second-order valence-corrected chi connectivity index (χ2v) is 7.91. The molecular formula is C22H25ClFN3O2. The topological polar surface area (TPSA) is 75.4 Å². The molecule has 0 spiro atoms. The molecule has 3 rings (SSSR count). The maximum atomic E-state index is 13.7. The lowest BCUT2D eigenvalue weighted by molar-refractivity contribution is -0.114. The first-order valence-corrected chi connectivity index (χ1v) is 10.1. The first-order chi connectivity index (χ1) is 13.8. The van der Waals surface area contributed by atoms with E-state index in [1.807, 2.05) is 0 Å². The minimum Gasteiger partial charge on any atom is -0.331 e. The Morgan fingerprint density at radius 2 is 1.90 bits per heavy atom. The molecule has 0 aromatic heterocycles. The molecule has 29 heavy (non-hydrogen) atoms. The first-order valence-electron chi connectivity index (χ1n) is 9.71. The molecule has 2 aromatic rings. The summed E-state index contributed by atoms with van der Waals surface area (Å²) in [5.41, 5.74) is 7.66. The van der Waals surface area contributed by atoms with Gasteiger partial charge in [-0.05, 0) is 67.6 Å². The van der Waals surface area contributed by atoms with E-state index in [4.69, 9.17) is 17.3 Å². The number of hydrogen-bond acceptors (Lipinski definition) is 3. The molecule has 1 aliphatic rings. The molecule has 0 aliphatic heterocycles. The van der Waals surface area contributed by atoms with E-state index in [-0.39, 0.29) is 30.4 Å². The Morgan fingerprint density at radius 1 is 1.17 bits per heavy atom. The highest BCUT2D eigenvalue weighted by molar-refractivity contribution is 6.31. The number of nitrogens with one attached hydrogen (secondary N) is 1. The Kier molecular flexibility index (Phi) is 6.87. The second-order valence-electron chi connectivity index (χ2n) is 7.50. The summed E-state index contributed by atoms with van der Waals surface area (Å²) in [7, 11) is 0. The molecule has 0 atom stereocenters. The van der Waals surface area contributed by atoms with Crippen LogP contribution in [0.3, 0.4) is 0 Å². The SMILES string of the molecule is CC(=O)Nc1ccc(Cl)c(CN(C(=O)c2cccc(F)c2)C2CCC(N)CC2)c1. The van der Waals surface area contributed by atoms with Crippen molar-refractivity contribution in [1.29, 1.82) is 0 Å². The highest BCUT2D eigenvalue weighted by Crippen LogP contribution is 2.29. The standard InChI is InChI=1S/C22H25ClFN3O2/c1-14(28)26-19-7-10-21(23)16(12-19)13-27(20-8-5-18(25)6-9-20)22(29)15-3-2-4-17(24)11-15/h2-4,7,10-12,18,20H,5-6,8-9,13,25H2,1H3,(H,26,28). The number of anilines is 1. The highest BCUT2D eigenvalue weighted by atomic mass is 35.5. The number of amides is 2. The highest BCUT2D eigenvalue weighted by Gasteiger charge is 2.29. The van der Waals surface area contributed by atoms with Crippen LogP contribution in [0.4, 0.5) is 10.1 Å². The van der Waals surface area contributed by atoms with E-state index in [1.165, 1.54) is 25.1 Å². The third-order valence-electron chi connectivity index (χ3n) is 5.22. The molecule has 0 unspecified atom stereocenters. The van der Waals surface area contributed by atoms with Crippen molar-refractivity contribution in [2.75, 3.05) is 5.32 Å². The summed E-state index contributed by atoms with van der Waals surface area (Å²) in [6.07, 6.45) is 3.23. The lowest BCUT2D eigenvalue weighted by Crippen LogP contribution is -2.44. The van der Waals surface area contributed by atoms with E-state index in [1.54, 1.807) is 29.2 Å². The van der Waals surface area contributed by atoms with Gasteiger partial charge in [-0.1, -0.05) is 17.7 Å². The predicted molar refractivity (Wildman–Crippen MR) is 112 cm³/mol. The van der Waals surface area contributed by atoms with Gasteiger partial charge < -0.3 is 16.0 Å². The summed E-state index contributed by atoms with van der Waals surface area (Å²) in [5.74, 6) is -0.884. The summed E-state index contributed by atoms with van der Waals surface area (Å²) in [6, 6.07) is 11.0. The smallest absolute Gasteiger partial charge is 0.254 e. The van der Waals surface area contributed by atoms with Crippen LogP contribution in [0.1, 0.15) is 48.5 Å². The summed E-state index contributed by atoms with van der Waals surface area (Å²) in [4.78, 5) is 26.4. The van der Waals surface area contributed by atoms with Gasteiger partial charge in [0, 0.05) is 41.8 Å². The molecule has 7 heteroatoms. The fourth-order valence-corrected chi connectivity index (χ4v) is 3.91. The Bertz CT molecular complexity index is 897. The van der Waals surface area contributed by atoms with Gasteiger partial charge in [0.2, 0.25) is 5.91 Å². The summed E-state index contributed by atoms with van der Waals surface area (Å²) in [6.45, 7) is 1.70. The van der Waals surface area contributed by atoms with Gasteiger partial charge in [-0.25, -0.2) is 4.39 Å². The van der Waals surface area contributed by atoms with Crippen molar-refractivity contribution in [3.63, 3.8) is 0 Å². The van der Waals surface area contributed by atoms with Gasteiger partial charge in [0.1, 0.15) is 5.82 Å². The van der Waals surface area contributed by atoms with Crippen LogP contribution in [-0.4, -0.2) is 28.8 Å². The maximum Gasteiger partial charge on any atom is 0.254 e. The van der Waals surface area contributed by atoms with Crippen LogP contribution in [0.25, 0.3) is 0 Å². The van der Waals surface area contributed by atoms with Crippen molar-refractivity contribution in [3.05, 3.63) is 64.4 Å².